The normalized spacial score (nSPS) is 11.3. The first-order valence-electron chi connectivity index (χ1n) is 7.31. The lowest BCUT2D eigenvalue weighted by molar-refractivity contribution is 1.30. The number of nitrogens with zero attached hydrogens (tertiary/aromatic N) is 2. The van der Waals surface area contributed by atoms with E-state index >= 15 is 0 Å². The summed E-state index contributed by atoms with van der Waals surface area (Å²) in [5.74, 6) is 0. The number of thiophene rings is 2. The molecule has 24 heavy (non-hydrogen) atoms. The zero-order valence-corrected chi connectivity index (χ0v) is 17.7. The van der Waals surface area contributed by atoms with E-state index in [1.807, 2.05) is 0 Å². The smallest absolute Gasteiger partial charge is 0.0979 e. The summed E-state index contributed by atoms with van der Waals surface area (Å²) < 4.78 is 2.33. The first-order valence-corrected chi connectivity index (χ1v) is 10.5. The number of aromatic nitrogens is 2. The average molecular weight is 480 g/mol. The van der Waals surface area contributed by atoms with Crippen molar-refractivity contribution in [3.05, 3.63) is 55.4 Å². The molecular formula is C18H12Br2N2S2. The van der Waals surface area contributed by atoms with Crippen LogP contribution in [0.2, 0.25) is 0 Å². The number of hydrogen-bond donors (Lipinski definition) is 0. The maximum atomic E-state index is 4.63. The van der Waals surface area contributed by atoms with Crippen LogP contribution in [0, 0.1) is 13.8 Å². The molecule has 0 bridgehead atoms. The minimum atomic E-state index is 0.950. The molecule has 4 rings (SSSR count). The largest absolute Gasteiger partial charge is 0.252 e. The molecule has 2 nitrogen and oxygen atoms in total. The van der Waals surface area contributed by atoms with Crippen LogP contribution in [0.15, 0.2) is 44.2 Å². The van der Waals surface area contributed by atoms with Gasteiger partial charge in [-0.2, -0.15) is 0 Å². The molecule has 0 N–H and O–H groups in total. The Morgan fingerprint density at radius 3 is 1.50 bits per heavy atom. The average Bonchev–Trinajstić information content (AvgIpc) is 3.08. The number of aryl methyl sites for hydroxylation is 2. The van der Waals surface area contributed by atoms with Crippen LogP contribution in [-0.4, -0.2) is 9.97 Å². The van der Waals surface area contributed by atoms with Gasteiger partial charge in [0.05, 0.1) is 18.6 Å². The van der Waals surface area contributed by atoms with Crippen LogP contribution in [0.1, 0.15) is 11.1 Å². The Balaban J connectivity index is 1.98. The molecule has 4 aromatic rings. The third-order valence-electron chi connectivity index (χ3n) is 3.87. The topological polar surface area (TPSA) is 25.8 Å². The monoisotopic (exact) mass is 478 g/mol. The molecule has 0 unspecified atom stereocenters. The second kappa shape index (κ2) is 6.33. The van der Waals surface area contributed by atoms with Gasteiger partial charge in [-0.15, -0.1) is 22.7 Å². The Hall–Kier alpha value is -1.08. The van der Waals surface area contributed by atoms with Gasteiger partial charge in [-0.1, -0.05) is 12.1 Å². The number of benzene rings is 1. The van der Waals surface area contributed by atoms with Gasteiger partial charge < -0.3 is 0 Å². The lowest BCUT2D eigenvalue weighted by Gasteiger charge is -2.07. The number of rotatable bonds is 2. The van der Waals surface area contributed by atoms with E-state index in [1.165, 1.54) is 20.9 Å². The van der Waals surface area contributed by atoms with E-state index in [9.17, 15) is 0 Å². The van der Waals surface area contributed by atoms with Gasteiger partial charge in [-0.05, 0) is 69.0 Å². The molecule has 0 atom stereocenters. The van der Waals surface area contributed by atoms with E-state index in [4.69, 9.17) is 0 Å². The van der Waals surface area contributed by atoms with Crippen LogP contribution in [0.25, 0.3) is 31.9 Å². The minimum Gasteiger partial charge on any atom is -0.252 e. The molecule has 0 saturated heterocycles. The van der Waals surface area contributed by atoms with E-state index in [2.05, 4.69) is 79.9 Å². The predicted molar refractivity (Wildman–Crippen MR) is 111 cm³/mol. The number of halogens is 2. The van der Waals surface area contributed by atoms with Crippen molar-refractivity contribution in [3.63, 3.8) is 0 Å². The summed E-state index contributed by atoms with van der Waals surface area (Å²) in [4.78, 5) is 11.7. The van der Waals surface area contributed by atoms with Crippen molar-refractivity contribution >= 4 is 65.6 Å². The minimum absolute atomic E-state index is 0.950. The zero-order chi connectivity index (χ0) is 16.8. The SMILES string of the molecule is Cc1cc(-c2ccc(-c3cc(C)c(Br)s3)c3nccnc23)sc1Br. The third-order valence-corrected chi connectivity index (χ3v) is 8.21. The Bertz CT molecular complexity index is 943. The Labute approximate surface area is 164 Å². The van der Waals surface area contributed by atoms with E-state index in [1.54, 1.807) is 35.1 Å². The van der Waals surface area contributed by atoms with Crippen molar-refractivity contribution in [2.24, 2.45) is 0 Å². The fourth-order valence-electron chi connectivity index (χ4n) is 2.64. The highest BCUT2D eigenvalue weighted by Gasteiger charge is 2.15. The van der Waals surface area contributed by atoms with Crippen LogP contribution >= 0.6 is 54.5 Å². The summed E-state index contributed by atoms with van der Waals surface area (Å²) in [6.45, 7) is 4.22. The van der Waals surface area contributed by atoms with Crippen molar-refractivity contribution in [2.45, 2.75) is 13.8 Å². The van der Waals surface area contributed by atoms with Crippen molar-refractivity contribution in [3.8, 4) is 20.9 Å². The summed E-state index contributed by atoms with van der Waals surface area (Å²) >= 11 is 10.7. The van der Waals surface area contributed by atoms with Crippen LogP contribution < -0.4 is 0 Å². The molecule has 120 valence electrons. The summed E-state index contributed by atoms with van der Waals surface area (Å²) in [6.07, 6.45) is 3.53. The van der Waals surface area contributed by atoms with Gasteiger partial charge in [0.2, 0.25) is 0 Å². The third kappa shape index (κ3) is 2.75. The quantitative estimate of drug-likeness (QED) is 0.303. The molecular weight excluding hydrogens is 468 g/mol. The van der Waals surface area contributed by atoms with Gasteiger partial charge in [-0.25, -0.2) is 0 Å². The molecule has 0 fully saturated rings. The number of fused-ring (bicyclic) bond motifs is 1. The van der Waals surface area contributed by atoms with Crippen LogP contribution in [0.4, 0.5) is 0 Å². The van der Waals surface area contributed by atoms with E-state index in [0.717, 1.165) is 29.7 Å². The molecule has 0 aliphatic rings. The first-order chi connectivity index (χ1) is 11.5. The molecule has 0 amide bonds. The Kier molecular flexibility index (Phi) is 4.33. The Morgan fingerprint density at radius 2 is 1.17 bits per heavy atom. The predicted octanol–water partition coefficient (Wildman–Crippen LogP) is 7.23. The molecule has 0 spiro atoms. The fraction of sp³-hybridized carbons (Fsp3) is 0.111. The molecule has 3 aromatic heterocycles. The summed E-state index contributed by atoms with van der Waals surface area (Å²) in [6, 6.07) is 8.72. The molecule has 0 radical (unpaired) electrons. The maximum absolute atomic E-state index is 4.63. The van der Waals surface area contributed by atoms with Crippen molar-refractivity contribution in [2.75, 3.05) is 0 Å². The van der Waals surface area contributed by atoms with Crippen molar-refractivity contribution in [1.82, 2.24) is 9.97 Å². The van der Waals surface area contributed by atoms with Crippen molar-refractivity contribution in [1.29, 1.82) is 0 Å². The highest BCUT2D eigenvalue weighted by Crippen LogP contribution is 2.42. The van der Waals surface area contributed by atoms with Gasteiger partial charge in [0, 0.05) is 33.3 Å². The summed E-state index contributed by atoms with van der Waals surface area (Å²) in [5.41, 5.74) is 6.65. The van der Waals surface area contributed by atoms with Gasteiger partial charge in [0.25, 0.3) is 0 Å². The molecule has 0 aliphatic carbocycles. The van der Waals surface area contributed by atoms with Crippen LogP contribution in [-0.2, 0) is 0 Å². The second-order valence-corrected chi connectivity index (χ2v) is 10.3. The van der Waals surface area contributed by atoms with Gasteiger partial charge in [-0.3, -0.25) is 9.97 Å². The molecule has 0 saturated carbocycles. The molecule has 6 heteroatoms. The lowest BCUT2D eigenvalue weighted by Crippen LogP contribution is -1.89. The highest BCUT2D eigenvalue weighted by molar-refractivity contribution is 9.11. The standard InChI is InChI=1S/C18H12Br2N2S2/c1-9-7-13(23-17(9)19)11-3-4-12(14-8-10(2)18(20)24-14)16-15(11)21-5-6-22-16/h3-8H,1-2H3. The fourth-order valence-corrected chi connectivity index (χ4v) is 5.76. The molecule has 1 aromatic carbocycles. The van der Waals surface area contributed by atoms with Crippen LogP contribution in [0.3, 0.4) is 0 Å². The second-order valence-electron chi connectivity index (χ2n) is 5.55. The zero-order valence-electron chi connectivity index (χ0n) is 12.9. The molecule has 3 heterocycles. The van der Waals surface area contributed by atoms with Gasteiger partial charge in [0.1, 0.15) is 0 Å². The highest BCUT2D eigenvalue weighted by atomic mass is 79.9. The van der Waals surface area contributed by atoms with E-state index in [-0.39, 0.29) is 0 Å². The van der Waals surface area contributed by atoms with Crippen molar-refractivity contribution < 1.29 is 0 Å². The van der Waals surface area contributed by atoms with Gasteiger partial charge in [0.15, 0.2) is 0 Å². The summed E-state index contributed by atoms with van der Waals surface area (Å²) in [7, 11) is 0. The number of hydrogen-bond acceptors (Lipinski definition) is 4. The molecule has 0 aliphatic heterocycles. The van der Waals surface area contributed by atoms with Crippen LogP contribution in [0.5, 0.6) is 0 Å². The van der Waals surface area contributed by atoms with E-state index < -0.39 is 0 Å². The lowest BCUT2D eigenvalue weighted by atomic mass is 10.0. The Morgan fingerprint density at radius 1 is 0.750 bits per heavy atom. The summed E-state index contributed by atoms with van der Waals surface area (Å²) in [5, 5.41) is 0. The maximum Gasteiger partial charge on any atom is 0.0979 e. The first kappa shape index (κ1) is 16.4. The van der Waals surface area contributed by atoms with Gasteiger partial charge >= 0.3 is 0 Å². The van der Waals surface area contributed by atoms with E-state index in [0.29, 0.717) is 0 Å².